The molecule has 6 heterocycles. The van der Waals surface area contributed by atoms with Crippen LogP contribution >= 0.6 is 70.6 Å². The van der Waals surface area contributed by atoms with Gasteiger partial charge in [-0.1, -0.05) is 181 Å². The third kappa shape index (κ3) is 10.4. The van der Waals surface area contributed by atoms with Gasteiger partial charge >= 0.3 is 35.1 Å². The molecule has 2 atom stereocenters. The van der Waals surface area contributed by atoms with Gasteiger partial charge in [-0.05, 0) is 71.8 Å². The molecule has 18 nitrogen and oxygen atoms in total. The minimum absolute atomic E-state index is 0.00721. The van der Waals surface area contributed by atoms with Gasteiger partial charge in [0.05, 0.1) is 9.75 Å². The molecule has 24 heteroatoms. The van der Waals surface area contributed by atoms with Crippen molar-refractivity contribution in [3.8, 4) is 0 Å². The Labute approximate surface area is 507 Å². The van der Waals surface area contributed by atoms with Gasteiger partial charge in [0.15, 0.2) is 10.1 Å². The number of carbonyl (C=O) groups is 6. The number of carbonyl (C=O) groups excluding carboxylic acids is 6. The van der Waals surface area contributed by atoms with Crippen LogP contribution in [0.2, 0.25) is 0 Å². The number of amides is 2. The molecule has 2 amide bonds. The fourth-order valence-electron chi connectivity index (χ4n) is 9.79. The van der Waals surface area contributed by atoms with E-state index in [4.69, 9.17) is 62.8 Å². The van der Waals surface area contributed by atoms with Crippen molar-refractivity contribution in [1.82, 2.24) is 19.8 Å². The Morgan fingerprint density at radius 3 is 1.11 bits per heavy atom. The molecule has 4 aromatic carbocycles. The lowest BCUT2D eigenvalue weighted by Crippen LogP contribution is -2.51. The van der Waals surface area contributed by atoms with Gasteiger partial charge in [-0.3, -0.25) is 19.4 Å². The summed E-state index contributed by atoms with van der Waals surface area (Å²) in [7, 11) is 0. The number of thioether (sulfide) groups is 2. The van der Waals surface area contributed by atoms with Gasteiger partial charge in [0.2, 0.25) is 10.3 Å². The van der Waals surface area contributed by atoms with Crippen molar-refractivity contribution in [3.63, 3.8) is 0 Å². The standard InChI is InChI=1S/C60H44N6O12S6/c1-3-65-49(67)47(83-57(65)79)63-55-61-45-43(81-55)39-25-37-28-42-40(26-38(37)27-41(39)77-59(45,51(69)73-29-33-17-9-5-10-18-33)52(70)74-30-34-19-11-6-12-20-34)44-46(62-56(82-44)64-48-50(68)66(4-2)58(80)84-48)60(78-42,53(71)75-31-35-21-13-7-14-22-35)54(72)76-32-36-23-15-8-16-24-36/h5-28,37-38H,3-4,29-32H2,1-2H3/b63-47-,64-48+. The minimum atomic E-state index is -2.69. The van der Waals surface area contributed by atoms with Crippen LogP contribution in [-0.2, 0) is 94.8 Å². The number of hydrogen-bond acceptors (Lipinski definition) is 22. The molecule has 2 fully saturated rings. The average Bonchev–Trinajstić information content (AvgIpc) is 1.40. The Morgan fingerprint density at radius 1 is 0.512 bits per heavy atom. The van der Waals surface area contributed by atoms with Crippen molar-refractivity contribution in [2.24, 2.45) is 21.8 Å². The van der Waals surface area contributed by atoms with Crippen LogP contribution in [0.15, 0.2) is 167 Å². The number of thiocarbonyl (C=S) groups is 2. The Balaban J connectivity index is 1.00. The molecule has 0 spiro atoms. The predicted molar refractivity (Wildman–Crippen MR) is 323 cm³/mol. The zero-order chi connectivity index (χ0) is 58.3. The number of aromatic nitrogens is 2. The van der Waals surface area contributed by atoms with Gasteiger partial charge in [0.1, 0.15) is 58.0 Å². The first kappa shape index (κ1) is 56.2. The quantitative estimate of drug-likeness (QED) is 0.0381. The van der Waals surface area contributed by atoms with Crippen molar-refractivity contribution in [1.29, 1.82) is 0 Å². The molecule has 2 saturated heterocycles. The highest BCUT2D eigenvalue weighted by atomic mass is 32.2. The molecule has 0 radical (unpaired) electrons. The highest BCUT2D eigenvalue weighted by Crippen LogP contribution is 2.56. The van der Waals surface area contributed by atoms with E-state index in [1.807, 2.05) is 36.4 Å². The summed E-state index contributed by atoms with van der Waals surface area (Å²) in [5.41, 5.74) is -2.55. The van der Waals surface area contributed by atoms with E-state index in [9.17, 15) is 9.59 Å². The van der Waals surface area contributed by atoms with Crippen molar-refractivity contribution >= 4 is 146 Å². The summed E-state index contributed by atoms with van der Waals surface area (Å²) in [6, 6.07) is 35.6. The Bertz CT molecular complexity index is 3570. The fraction of sp³-hybridized carbons (Fsp3) is 0.200. The largest absolute Gasteiger partial charge is 0.458 e. The van der Waals surface area contributed by atoms with Crippen LogP contribution in [0.1, 0.15) is 57.2 Å². The number of nitrogens with zero attached hydrogens (tertiary/aromatic N) is 6. The Hall–Kier alpha value is -8.26. The third-order valence-corrected chi connectivity index (χ3v) is 18.6. The van der Waals surface area contributed by atoms with Crippen LogP contribution in [0.5, 0.6) is 0 Å². The number of benzene rings is 4. The topological polar surface area (TPSA) is 215 Å². The molecule has 0 saturated carbocycles. The van der Waals surface area contributed by atoms with E-state index in [-0.39, 0.29) is 79.4 Å². The number of rotatable bonds is 16. The lowest BCUT2D eigenvalue weighted by molar-refractivity contribution is -0.191. The highest BCUT2D eigenvalue weighted by Gasteiger charge is 2.63. The van der Waals surface area contributed by atoms with Crippen LogP contribution in [-0.4, -0.2) is 87.3 Å². The lowest BCUT2D eigenvalue weighted by Gasteiger charge is -2.40. The number of hydrogen-bond donors (Lipinski definition) is 0. The molecule has 6 aliphatic rings. The molecule has 2 aliphatic carbocycles. The zero-order valence-electron chi connectivity index (χ0n) is 44.3. The summed E-state index contributed by atoms with van der Waals surface area (Å²) in [5.74, 6) is -6.57. The van der Waals surface area contributed by atoms with Crippen LogP contribution in [0.3, 0.4) is 0 Å². The van der Waals surface area contributed by atoms with Crippen molar-refractivity contribution in [3.05, 3.63) is 201 Å². The molecular formula is C60H44N6O12S6. The summed E-state index contributed by atoms with van der Waals surface area (Å²) < 4.78 is 38.2. The van der Waals surface area contributed by atoms with Crippen LogP contribution in [0.4, 0.5) is 10.3 Å². The van der Waals surface area contributed by atoms with Gasteiger partial charge in [0, 0.05) is 36.1 Å². The Kier molecular flexibility index (Phi) is 15.7. The molecule has 2 unspecified atom stereocenters. The van der Waals surface area contributed by atoms with Crippen LogP contribution in [0, 0.1) is 11.8 Å². The fourth-order valence-corrected chi connectivity index (χ4v) is 14.5. The summed E-state index contributed by atoms with van der Waals surface area (Å²) in [6.07, 6.45) is 7.10. The van der Waals surface area contributed by atoms with Crippen LogP contribution in [0.25, 0.3) is 11.1 Å². The van der Waals surface area contributed by atoms with Crippen molar-refractivity contribution in [2.75, 3.05) is 13.1 Å². The van der Waals surface area contributed by atoms with Gasteiger partial charge in [-0.25, -0.2) is 39.1 Å². The monoisotopic (exact) mass is 1230 g/mol. The zero-order valence-corrected chi connectivity index (χ0v) is 49.2. The van der Waals surface area contributed by atoms with E-state index in [0.717, 1.165) is 46.2 Å². The average molecular weight is 1230 g/mol. The molecule has 2 aromatic heterocycles. The molecule has 84 heavy (non-hydrogen) atoms. The summed E-state index contributed by atoms with van der Waals surface area (Å²) in [6.45, 7) is 3.14. The number of allylic oxidation sites excluding steroid dienone is 6. The van der Waals surface area contributed by atoms with Crippen molar-refractivity contribution in [2.45, 2.75) is 51.5 Å². The Morgan fingerprint density at radius 2 is 0.821 bits per heavy atom. The van der Waals surface area contributed by atoms with Gasteiger partial charge < -0.3 is 28.4 Å². The molecular weight excluding hydrogens is 1190 g/mol. The summed E-state index contributed by atoms with van der Waals surface area (Å²) >= 11 is 15.0. The minimum Gasteiger partial charge on any atom is -0.458 e. The number of ether oxygens (including phenoxy) is 6. The number of esters is 4. The van der Waals surface area contributed by atoms with Gasteiger partial charge in [0.25, 0.3) is 11.8 Å². The summed E-state index contributed by atoms with van der Waals surface area (Å²) in [4.78, 5) is 110. The second-order valence-corrected chi connectivity index (χ2v) is 24.4. The normalized spacial score (nSPS) is 19.7. The highest BCUT2D eigenvalue weighted by molar-refractivity contribution is 8.35. The van der Waals surface area contributed by atoms with E-state index >= 15 is 19.2 Å². The van der Waals surface area contributed by atoms with Gasteiger partial charge in [-0.2, -0.15) is 0 Å². The van der Waals surface area contributed by atoms with E-state index in [0.29, 0.717) is 55.1 Å². The number of fused-ring (bicyclic) bond motifs is 7. The first-order chi connectivity index (χ1) is 40.8. The van der Waals surface area contributed by atoms with Crippen LogP contribution < -0.4 is 0 Å². The van der Waals surface area contributed by atoms with E-state index in [2.05, 4.69) is 9.98 Å². The number of aliphatic imine (C=N–C) groups is 2. The SMILES string of the molecule is CCN1C(=O)/C(=N/c2nc3c(s2)C2=CC4C=C5OC(C(=O)OCc6ccccc6)(C(=O)OCc6ccccc6)c6nc(/N=C7/SC(=S)N(CC)C7=O)sc6C5=CC4C=C2OC3(C(=O)OCc2ccccc2)C(=O)OCc2ccccc2)SC1=S. The second kappa shape index (κ2) is 23.4. The van der Waals surface area contributed by atoms with Gasteiger partial charge in [-0.15, -0.1) is 0 Å². The maximum absolute atomic E-state index is 15.1. The van der Waals surface area contributed by atoms with E-state index < -0.39 is 58.7 Å². The molecule has 0 N–H and O–H groups in total. The first-order valence-corrected chi connectivity index (χ1v) is 30.2. The number of thiazole rings is 2. The first-order valence-electron chi connectivity index (χ1n) is 26.2. The van der Waals surface area contributed by atoms with Crippen molar-refractivity contribution < 1.29 is 57.2 Å². The maximum atomic E-state index is 15.1. The molecule has 12 rings (SSSR count). The third-order valence-electron chi connectivity index (χ3n) is 14.0. The molecule has 6 aromatic rings. The maximum Gasteiger partial charge on any atom is 0.369 e. The van der Waals surface area contributed by atoms with E-state index in [1.54, 1.807) is 123 Å². The summed E-state index contributed by atoms with van der Waals surface area (Å²) in [5, 5.41) is 0.0419. The predicted octanol–water partition coefficient (Wildman–Crippen LogP) is 10.3. The molecule has 422 valence electrons. The smallest absolute Gasteiger partial charge is 0.369 e. The second-order valence-electron chi connectivity index (χ2n) is 19.2. The molecule has 4 aliphatic heterocycles. The van der Waals surface area contributed by atoms with E-state index in [1.165, 1.54) is 9.80 Å². The lowest BCUT2D eigenvalue weighted by atomic mass is 9.76. The molecule has 0 bridgehead atoms.